The first kappa shape index (κ1) is 13.3. The molecule has 4 heteroatoms. The maximum Gasteiger partial charge on any atom is 0.306 e. The zero-order valence-corrected chi connectivity index (χ0v) is 13.2. The summed E-state index contributed by atoms with van der Waals surface area (Å²) in [6, 6.07) is 14.9. The molecule has 0 aliphatic carbocycles. The van der Waals surface area contributed by atoms with Crippen LogP contribution in [0.1, 0.15) is 16.7 Å². The smallest absolute Gasteiger partial charge is 0.306 e. The van der Waals surface area contributed by atoms with E-state index in [9.17, 15) is 0 Å². The van der Waals surface area contributed by atoms with Gasteiger partial charge in [0.2, 0.25) is 0 Å². The molecule has 0 atom stereocenters. The van der Waals surface area contributed by atoms with Crippen LogP contribution in [0, 0.1) is 6.92 Å². The summed E-state index contributed by atoms with van der Waals surface area (Å²) in [4.78, 5) is 9.07. The van der Waals surface area contributed by atoms with Crippen LogP contribution in [0.4, 0.5) is 0 Å². The molecule has 2 aromatic carbocycles. The molecule has 116 valence electrons. The van der Waals surface area contributed by atoms with E-state index in [0.29, 0.717) is 5.84 Å². The highest BCUT2D eigenvalue weighted by Crippen LogP contribution is 2.34. The number of fused-ring (bicyclic) bond motifs is 2. The SMILES string of the molecule is Cc1cccc(-c2nc3occn3c2-c2ccc3c(c2)CN=C3)c1. The molecule has 2 aromatic heterocycles. The number of hydrogen-bond acceptors (Lipinski definition) is 3. The fourth-order valence-corrected chi connectivity index (χ4v) is 3.31. The van der Waals surface area contributed by atoms with Crippen LogP contribution in [0.5, 0.6) is 0 Å². The summed E-state index contributed by atoms with van der Waals surface area (Å²) < 4.78 is 7.54. The Balaban J connectivity index is 1.78. The number of hydrogen-bond donors (Lipinski definition) is 0. The van der Waals surface area contributed by atoms with Gasteiger partial charge in [0.15, 0.2) is 0 Å². The normalized spacial score (nSPS) is 12.9. The molecule has 1 aliphatic heterocycles. The van der Waals surface area contributed by atoms with E-state index in [-0.39, 0.29) is 0 Å². The lowest BCUT2D eigenvalue weighted by atomic mass is 10.00. The van der Waals surface area contributed by atoms with Gasteiger partial charge in [0, 0.05) is 23.5 Å². The van der Waals surface area contributed by atoms with E-state index in [2.05, 4.69) is 54.4 Å². The van der Waals surface area contributed by atoms with Crippen LogP contribution in [0.15, 0.2) is 64.3 Å². The van der Waals surface area contributed by atoms with E-state index in [0.717, 1.165) is 29.1 Å². The molecule has 0 bridgehead atoms. The molecule has 24 heavy (non-hydrogen) atoms. The predicted molar refractivity (Wildman–Crippen MR) is 94.4 cm³/mol. The van der Waals surface area contributed by atoms with E-state index in [1.54, 1.807) is 6.26 Å². The lowest BCUT2D eigenvalue weighted by Gasteiger charge is -2.07. The van der Waals surface area contributed by atoms with Gasteiger partial charge in [0.1, 0.15) is 12.0 Å². The molecular formula is C20H15N3O. The van der Waals surface area contributed by atoms with Crippen molar-refractivity contribution in [3.8, 4) is 22.5 Å². The fraction of sp³-hybridized carbons (Fsp3) is 0.100. The zero-order valence-electron chi connectivity index (χ0n) is 13.2. The predicted octanol–water partition coefficient (Wildman–Crippen LogP) is 4.50. The quantitative estimate of drug-likeness (QED) is 0.547. The van der Waals surface area contributed by atoms with Gasteiger partial charge < -0.3 is 4.42 Å². The third-order valence-corrected chi connectivity index (χ3v) is 4.46. The number of benzene rings is 2. The van der Waals surface area contributed by atoms with E-state index in [4.69, 9.17) is 9.40 Å². The molecule has 0 spiro atoms. The number of aryl methyl sites for hydroxylation is 1. The van der Waals surface area contributed by atoms with E-state index in [1.807, 2.05) is 16.8 Å². The molecule has 0 saturated carbocycles. The third kappa shape index (κ3) is 1.93. The van der Waals surface area contributed by atoms with Gasteiger partial charge in [-0.2, -0.15) is 4.98 Å². The van der Waals surface area contributed by atoms with Crippen molar-refractivity contribution >= 4 is 12.1 Å². The van der Waals surface area contributed by atoms with Crippen LogP contribution in [-0.2, 0) is 6.54 Å². The highest BCUT2D eigenvalue weighted by molar-refractivity contribution is 5.88. The Hall–Kier alpha value is -3.14. The maximum absolute atomic E-state index is 5.53. The summed E-state index contributed by atoms with van der Waals surface area (Å²) in [6.45, 7) is 2.84. The molecular weight excluding hydrogens is 298 g/mol. The van der Waals surface area contributed by atoms with Gasteiger partial charge in [-0.15, -0.1) is 0 Å². The number of aliphatic imine (C=N–C) groups is 1. The number of imidazole rings is 1. The van der Waals surface area contributed by atoms with E-state index in [1.165, 1.54) is 16.7 Å². The highest BCUT2D eigenvalue weighted by Gasteiger charge is 2.19. The number of rotatable bonds is 2. The Morgan fingerprint density at radius 2 is 2.04 bits per heavy atom. The minimum Gasteiger partial charge on any atom is -0.432 e. The highest BCUT2D eigenvalue weighted by atomic mass is 16.3. The van der Waals surface area contributed by atoms with Gasteiger partial charge in [0.25, 0.3) is 0 Å². The fourth-order valence-electron chi connectivity index (χ4n) is 3.31. The maximum atomic E-state index is 5.53. The first-order valence-corrected chi connectivity index (χ1v) is 7.95. The van der Waals surface area contributed by atoms with Crippen LogP contribution in [0.3, 0.4) is 0 Å². The van der Waals surface area contributed by atoms with Gasteiger partial charge in [-0.05, 0) is 30.2 Å². The largest absolute Gasteiger partial charge is 0.432 e. The van der Waals surface area contributed by atoms with Crippen LogP contribution < -0.4 is 0 Å². The van der Waals surface area contributed by atoms with Crippen molar-refractivity contribution in [2.75, 3.05) is 0 Å². The molecule has 0 fully saturated rings. The number of aromatic nitrogens is 2. The van der Waals surface area contributed by atoms with Crippen molar-refractivity contribution in [3.05, 3.63) is 71.6 Å². The van der Waals surface area contributed by atoms with Gasteiger partial charge in [0.05, 0.1) is 12.2 Å². The van der Waals surface area contributed by atoms with E-state index < -0.39 is 0 Å². The van der Waals surface area contributed by atoms with Crippen molar-refractivity contribution in [1.29, 1.82) is 0 Å². The van der Waals surface area contributed by atoms with Gasteiger partial charge in [-0.1, -0.05) is 35.9 Å². The molecule has 0 amide bonds. The molecule has 0 radical (unpaired) electrons. The minimum absolute atomic E-state index is 0.609. The van der Waals surface area contributed by atoms with Crippen molar-refractivity contribution < 1.29 is 4.42 Å². The second-order valence-electron chi connectivity index (χ2n) is 6.12. The third-order valence-electron chi connectivity index (χ3n) is 4.46. The van der Waals surface area contributed by atoms with Crippen molar-refractivity contribution in [2.24, 2.45) is 4.99 Å². The Morgan fingerprint density at radius 1 is 1.08 bits per heavy atom. The standard InChI is InChI=1S/C20H15N3O/c1-13-3-2-4-14(9-13)18-19(23-7-8-24-20(23)22-18)15-5-6-16-11-21-12-17(16)10-15/h2-11H,12H2,1H3. The zero-order chi connectivity index (χ0) is 16.1. The first-order chi connectivity index (χ1) is 11.8. The Labute approximate surface area is 139 Å². The van der Waals surface area contributed by atoms with Crippen LogP contribution >= 0.6 is 0 Å². The number of nitrogens with zero attached hydrogens (tertiary/aromatic N) is 3. The van der Waals surface area contributed by atoms with Gasteiger partial charge >= 0.3 is 5.84 Å². The van der Waals surface area contributed by atoms with Crippen LogP contribution in [-0.4, -0.2) is 15.6 Å². The summed E-state index contributed by atoms with van der Waals surface area (Å²) in [5.41, 5.74) is 7.89. The summed E-state index contributed by atoms with van der Waals surface area (Å²) in [5, 5.41) is 0. The molecule has 0 saturated heterocycles. The first-order valence-electron chi connectivity index (χ1n) is 7.95. The average Bonchev–Trinajstić information content (AvgIpc) is 3.29. The van der Waals surface area contributed by atoms with Crippen molar-refractivity contribution in [3.63, 3.8) is 0 Å². The summed E-state index contributed by atoms with van der Waals surface area (Å²) in [7, 11) is 0. The second kappa shape index (κ2) is 4.93. The van der Waals surface area contributed by atoms with Crippen LogP contribution in [0.2, 0.25) is 0 Å². The topological polar surface area (TPSA) is 42.8 Å². The monoisotopic (exact) mass is 313 g/mol. The van der Waals surface area contributed by atoms with Crippen molar-refractivity contribution in [1.82, 2.24) is 9.38 Å². The molecule has 1 aliphatic rings. The van der Waals surface area contributed by atoms with Gasteiger partial charge in [-0.3, -0.25) is 9.39 Å². The Bertz CT molecular complexity index is 1100. The van der Waals surface area contributed by atoms with Crippen molar-refractivity contribution in [2.45, 2.75) is 13.5 Å². The molecule has 3 heterocycles. The summed E-state index contributed by atoms with van der Waals surface area (Å²) in [6.07, 6.45) is 5.52. The van der Waals surface area contributed by atoms with Crippen LogP contribution in [0.25, 0.3) is 28.4 Å². The number of oxazole rings is 1. The molecule has 5 rings (SSSR count). The minimum atomic E-state index is 0.609. The van der Waals surface area contributed by atoms with E-state index >= 15 is 0 Å². The lowest BCUT2D eigenvalue weighted by molar-refractivity contribution is 0.596. The lowest BCUT2D eigenvalue weighted by Crippen LogP contribution is -1.91. The molecule has 4 aromatic rings. The molecule has 0 N–H and O–H groups in total. The molecule has 4 nitrogen and oxygen atoms in total. The average molecular weight is 313 g/mol. The second-order valence-corrected chi connectivity index (χ2v) is 6.12. The Kier molecular flexibility index (Phi) is 2.73. The summed E-state index contributed by atoms with van der Waals surface area (Å²) >= 11 is 0. The molecule has 0 unspecified atom stereocenters. The van der Waals surface area contributed by atoms with Gasteiger partial charge in [-0.25, -0.2) is 0 Å². The Morgan fingerprint density at radius 3 is 2.96 bits per heavy atom. The summed E-state index contributed by atoms with van der Waals surface area (Å²) in [5.74, 6) is 0.609.